The van der Waals surface area contributed by atoms with Crippen LogP contribution in [0.1, 0.15) is 6.42 Å². The first-order chi connectivity index (χ1) is 4.39. The predicted octanol–water partition coefficient (Wildman–Crippen LogP) is 0.368. The van der Waals surface area contributed by atoms with Gasteiger partial charge in [-0.15, -0.1) is 0 Å². The second kappa shape index (κ2) is 3.12. The number of rotatable bonds is 0. The average molecular weight is 125 g/mol. The lowest BCUT2D eigenvalue weighted by molar-refractivity contribution is 0.484. The van der Waals surface area contributed by atoms with E-state index >= 15 is 0 Å². The Bertz CT molecular complexity index is 114. The molecule has 1 N–H and O–H groups in total. The van der Waals surface area contributed by atoms with Crippen LogP contribution < -0.4 is 5.32 Å². The van der Waals surface area contributed by atoms with Crippen LogP contribution in [0.2, 0.25) is 0 Å². The van der Waals surface area contributed by atoms with Crippen LogP contribution in [-0.4, -0.2) is 24.8 Å². The summed E-state index contributed by atoms with van der Waals surface area (Å²) in [6.07, 6.45) is 6.68. The van der Waals surface area contributed by atoms with Gasteiger partial charge in [-0.1, -0.05) is 0 Å². The quantitative estimate of drug-likeness (QED) is 0.506. The van der Waals surface area contributed by atoms with Crippen LogP contribution in [0.25, 0.3) is 0 Å². The third-order valence-corrected chi connectivity index (χ3v) is 1.09. The van der Waals surface area contributed by atoms with Gasteiger partial charge in [0.15, 0.2) is 0 Å². The maximum Gasteiger partial charge on any atom is 0.0385 e. The summed E-state index contributed by atoms with van der Waals surface area (Å²) in [5.74, 6) is 0. The van der Waals surface area contributed by atoms with E-state index in [0.717, 1.165) is 13.0 Å². The Labute approximate surface area is 55.0 Å². The van der Waals surface area contributed by atoms with Crippen molar-refractivity contribution in [3.63, 3.8) is 0 Å². The lowest BCUT2D eigenvalue weighted by Gasteiger charge is -2.08. The molecule has 0 unspecified atom stereocenters. The molecule has 0 bridgehead atoms. The Morgan fingerprint density at radius 2 is 2.56 bits per heavy atom. The van der Waals surface area contributed by atoms with Gasteiger partial charge in [-0.3, -0.25) is 5.01 Å². The fourth-order valence-corrected chi connectivity index (χ4v) is 0.617. The largest absolute Gasteiger partial charge is 0.389 e. The summed E-state index contributed by atoms with van der Waals surface area (Å²) in [6.45, 7) is 0.980. The van der Waals surface area contributed by atoms with Gasteiger partial charge in [0.2, 0.25) is 0 Å². The first kappa shape index (κ1) is 6.13. The van der Waals surface area contributed by atoms with E-state index in [-0.39, 0.29) is 0 Å². The van der Waals surface area contributed by atoms with Crippen molar-refractivity contribution in [3.8, 4) is 0 Å². The molecule has 0 spiro atoms. The van der Waals surface area contributed by atoms with Crippen LogP contribution in [0.3, 0.4) is 0 Å². The molecule has 1 aliphatic heterocycles. The summed E-state index contributed by atoms with van der Waals surface area (Å²) in [4.78, 5) is 0. The van der Waals surface area contributed by atoms with Crippen molar-refractivity contribution in [3.05, 3.63) is 12.4 Å². The van der Waals surface area contributed by atoms with E-state index in [4.69, 9.17) is 0 Å². The standard InChI is InChI=1S/C6H11N3/c1-9-6-5-7-3-2-4-8-9/h4-7H,2-3H2,1H3/b6-5-,8-4+. The van der Waals surface area contributed by atoms with Crippen molar-refractivity contribution in [1.82, 2.24) is 10.3 Å². The highest BCUT2D eigenvalue weighted by Gasteiger charge is 1.86. The smallest absolute Gasteiger partial charge is 0.0385 e. The van der Waals surface area contributed by atoms with Gasteiger partial charge in [0.25, 0.3) is 0 Å². The summed E-state index contributed by atoms with van der Waals surface area (Å²) in [5.41, 5.74) is 0. The Balaban J connectivity index is 2.44. The van der Waals surface area contributed by atoms with Crippen molar-refractivity contribution in [1.29, 1.82) is 0 Å². The normalized spacial score (nSPS) is 25.7. The van der Waals surface area contributed by atoms with Crippen molar-refractivity contribution >= 4 is 6.21 Å². The van der Waals surface area contributed by atoms with Gasteiger partial charge >= 0.3 is 0 Å². The fourth-order valence-electron chi connectivity index (χ4n) is 0.617. The molecule has 0 fully saturated rings. The molecule has 0 amide bonds. The van der Waals surface area contributed by atoms with Gasteiger partial charge in [0.1, 0.15) is 0 Å². The number of nitrogens with one attached hydrogen (secondary N) is 1. The van der Waals surface area contributed by atoms with Crippen LogP contribution >= 0.6 is 0 Å². The van der Waals surface area contributed by atoms with Crippen LogP contribution in [0.15, 0.2) is 17.5 Å². The van der Waals surface area contributed by atoms with Crippen LogP contribution in [0, 0.1) is 0 Å². The van der Waals surface area contributed by atoms with Crippen molar-refractivity contribution < 1.29 is 0 Å². The van der Waals surface area contributed by atoms with E-state index in [9.17, 15) is 0 Å². The highest BCUT2D eigenvalue weighted by atomic mass is 15.4. The van der Waals surface area contributed by atoms with E-state index in [1.807, 2.05) is 25.7 Å². The highest BCUT2D eigenvalue weighted by molar-refractivity contribution is 5.57. The number of hydrazone groups is 1. The van der Waals surface area contributed by atoms with E-state index < -0.39 is 0 Å². The molecule has 0 aromatic carbocycles. The van der Waals surface area contributed by atoms with Crippen molar-refractivity contribution in [2.24, 2.45) is 5.10 Å². The molecule has 0 saturated heterocycles. The van der Waals surface area contributed by atoms with Gasteiger partial charge in [0, 0.05) is 38.6 Å². The summed E-state index contributed by atoms with van der Waals surface area (Å²) in [6, 6.07) is 0. The fraction of sp³-hybridized carbons (Fsp3) is 0.500. The highest BCUT2D eigenvalue weighted by Crippen LogP contribution is 1.86. The second-order valence-corrected chi connectivity index (χ2v) is 1.93. The van der Waals surface area contributed by atoms with Gasteiger partial charge in [-0.2, -0.15) is 5.10 Å². The van der Waals surface area contributed by atoms with Gasteiger partial charge < -0.3 is 5.32 Å². The third-order valence-electron chi connectivity index (χ3n) is 1.09. The topological polar surface area (TPSA) is 27.6 Å². The van der Waals surface area contributed by atoms with Crippen molar-refractivity contribution in [2.45, 2.75) is 6.42 Å². The SMILES string of the molecule is CN1/C=C\NCC/C=N/1. The number of hydrogen-bond donors (Lipinski definition) is 1. The second-order valence-electron chi connectivity index (χ2n) is 1.93. The first-order valence-electron chi connectivity index (χ1n) is 3.05. The average Bonchev–Trinajstić information content (AvgIpc) is 1.79. The first-order valence-corrected chi connectivity index (χ1v) is 3.05. The van der Waals surface area contributed by atoms with Crippen molar-refractivity contribution in [2.75, 3.05) is 13.6 Å². The molecule has 3 nitrogen and oxygen atoms in total. The van der Waals surface area contributed by atoms with Gasteiger partial charge in [0.05, 0.1) is 0 Å². The molecule has 0 aliphatic carbocycles. The predicted molar refractivity (Wildman–Crippen MR) is 38.0 cm³/mol. The molecule has 9 heavy (non-hydrogen) atoms. The summed E-state index contributed by atoms with van der Waals surface area (Å²) >= 11 is 0. The molecule has 0 aromatic heterocycles. The molecule has 0 aromatic rings. The molecule has 1 rings (SSSR count). The summed E-state index contributed by atoms with van der Waals surface area (Å²) < 4.78 is 0. The zero-order valence-corrected chi connectivity index (χ0v) is 5.54. The zero-order chi connectivity index (χ0) is 6.53. The molecule has 1 aliphatic rings. The lowest BCUT2D eigenvalue weighted by atomic mass is 10.4. The number of nitrogens with zero attached hydrogens (tertiary/aromatic N) is 2. The lowest BCUT2D eigenvalue weighted by Crippen LogP contribution is -2.13. The molecule has 0 radical (unpaired) electrons. The Morgan fingerprint density at radius 3 is 3.44 bits per heavy atom. The monoisotopic (exact) mass is 125 g/mol. The third kappa shape index (κ3) is 2.17. The Hall–Kier alpha value is -0.990. The minimum absolute atomic E-state index is 0.980. The Morgan fingerprint density at radius 1 is 1.67 bits per heavy atom. The van der Waals surface area contributed by atoms with E-state index in [2.05, 4.69) is 10.4 Å². The van der Waals surface area contributed by atoms with Crippen LogP contribution in [0.5, 0.6) is 0 Å². The van der Waals surface area contributed by atoms with Crippen LogP contribution in [-0.2, 0) is 0 Å². The van der Waals surface area contributed by atoms with E-state index in [1.54, 1.807) is 5.01 Å². The Kier molecular flexibility index (Phi) is 2.13. The van der Waals surface area contributed by atoms with E-state index in [1.165, 1.54) is 0 Å². The summed E-state index contributed by atoms with van der Waals surface area (Å²) in [5, 5.41) is 8.94. The minimum Gasteiger partial charge on any atom is -0.389 e. The molecule has 0 saturated carbocycles. The molecule has 3 heteroatoms. The zero-order valence-electron chi connectivity index (χ0n) is 5.54. The maximum atomic E-state index is 4.07. The minimum atomic E-state index is 0.980. The van der Waals surface area contributed by atoms with Crippen LogP contribution in [0.4, 0.5) is 0 Å². The molecular formula is C6H11N3. The number of hydrogen-bond acceptors (Lipinski definition) is 3. The maximum absolute atomic E-state index is 4.07. The molecular weight excluding hydrogens is 114 g/mol. The molecule has 0 atom stereocenters. The molecule has 1 heterocycles. The summed E-state index contributed by atoms with van der Waals surface area (Å²) in [7, 11) is 1.90. The molecule has 50 valence electrons. The van der Waals surface area contributed by atoms with Gasteiger partial charge in [-0.05, 0) is 0 Å². The van der Waals surface area contributed by atoms with E-state index in [0.29, 0.717) is 0 Å². The van der Waals surface area contributed by atoms with Gasteiger partial charge in [-0.25, -0.2) is 0 Å².